The molecule has 0 radical (unpaired) electrons. The van der Waals surface area contributed by atoms with Crippen LogP contribution in [0.2, 0.25) is 0 Å². The van der Waals surface area contributed by atoms with Crippen LogP contribution in [0, 0.1) is 5.92 Å². The van der Waals surface area contributed by atoms with Crippen LogP contribution in [0.1, 0.15) is 56.8 Å². The van der Waals surface area contributed by atoms with Gasteiger partial charge >= 0.3 is 0 Å². The Hall–Kier alpha value is -0.870. The van der Waals surface area contributed by atoms with Crippen LogP contribution in [0.4, 0.5) is 0 Å². The van der Waals surface area contributed by atoms with Gasteiger partial charge in [-0.25, -0.2) is 0 Å². The zero-order valence-corrected chi connectivity index (χ0v) is 13.5. The number of aryl methyl sites for hydroxylation is 2. The van der Waals surface area contributed by atoms with Crippen molar-refractivity contribution in [2.24, 2.45) is 13.0 Å². The van der Waals surface area contributed by atoms with Crippen molar-refractivity contribution in [3.63, 3.8) is 0 Å². The largest absolute Gasteiger partial charge is 0.393 e. The van der Waals surface area contributed by atoms with E-state index in [2.05, 4.69) is 30.0 Å². The molecule has 3 rings (SSSR count). The van der Waals surface area contributed by atoms with Gasteiger partial charge in [-0.15, -0.1) is 0 Å². The molecular weight excluding hydrogens is 262 g/mol. The lowest BCUT2D eigenvalue weighted by molar-refractivity contribution is 0.0196. The smallest absolute Gasteiger partial charge is 0.0625 e. The van der Waals surface area contributed by atoms with Crippen LogP contribution < -0.4 is 0 Å². The van der Waals surface area contributed by atoms with Crippen LogP contribution in [-0.2, 0) is 20.0 Å². The summed E-state index contributed by atoms with van der Waals surface area (Å²) in [5.74, 6) is 0.486. The van der Waals surface area contributed by atoms with E-state index in [9.17, 15) is 5.11 Å². The Balaban J connectivity index is 1.70. The average molecular weight is 291 g/mol. The number of rotatable bonds is 4. The van der Waals surface area contributed by atoms with Gasteiger partial charge in [0.15, 0.2) is 0 Å². The molecule has 2 fully saturated rings. The molecule has 0 spiro atoms. The Morgan fingerprint density at radius 2 is 2.05 bits per heavy atom. The molecule has 0 amide bonds. The fraction of sp³-hybridized carbons (Fsp3) is 0.824. The minimum Gasteiger partial charge on any atom is -0.393 e. The monoisotopic (exact) mass is 291 g/mol. The lowest BCUT2D eigenvalue weighted by Gasteiger charge is -2.37. The molecule has 1 aromatic heterocycles. The number of nitrogens with zero attached hydrogens (tertiary/aromatic N) is 3. The maximum Gasteiger partial charge on any atom is 0.0625 e. The van der Waals surface area contributed by atoms with E-state index in [1.54, 1.807) is 0 Å². The fourth-order valence-electron chi connectivity index (χ4n) is 4.22. The molecule has 1 aliphatic heterocycles. The number of hydrogen-bond acceptors (Lipinski definition) is 3. The number of hydrogen-bond donors (Lipinski definition) is 1. The van der Waals surface area contributed by atoms with Crippen molar-refractivity contribution in [2.45, 2.75) is 70.6 Å². The standard InChI is InChI=1S/C17H29N3O/c1-3-13-11-14(19(2)18-13)12-20-10-6-8-16(20)15-7-4-5-9-17(15)21/h11,15-17,21H,3-10,12H2,1-2H3. The Bertz CT molecular complexity index is 471. The van der Waals surface area contributed by atoms with E-state index in [1.165, 1.54) is 50.0 Å². The SMILES string of the molecule is CCc1cc(CN2CCCC2C2CCCCC2O)n(C)n1. The zero-order valence-electron chi connectivity index (χ0n) is 13.5. The third kappa shape index (κ3) is 3.16. The molecule has 4 heteroatoms. The zero-order chi connectivity index (χ0) is 14.8. The Morgan fingerprint density at radius 3 is 2.76 bits per heavy atom. The molecule has 118 valence electrons. The molecule has 1 N–H and O–H groups in total. The Kier molecular flexibility index (Phi) is 4.65. The normalized spacial score (nSPS) is 30.9. The van der Waals surface area contributed by atoms with Gasteiger partial charge in [0, 0.05) is 25.6 Å². The third-order valence-electron chi connectivity index (χ3n) is 5.44. The van der Waals surface area contributed by atoms with Crippen LogP contribution in [0.15, 0.2) is 6.07 Å². The Labute approximate surface area is 128 Å². The minimum absolute atomic E-state index is 0.0814. The number of aromatic nitrogens is 2. The molecule has 1 saturated heterocycles. The van der Waals surface area contributed by atoms with Crippen molar-refractivity contribution in [1.82, 2.24) is 14.7 Å². The predicted octanol–water partition coefficient (Wildman–Crippen LogP) is 2.50. The molecule has 4 nitrogen and oxygen atoms in total. The summed E-state index contributed by atoms with van der Waals surface area (Å²) in [4.78, 5) is 2.59. The molecule has 3 atom stereocenters. The molecule has 1 aliphatic carbocycles. The van der Waals surface area contributed by atoms with Gasteiger partial charge in [-0.2, -0.15) is 5.10 Å². The van der Waals surface area contributed by atoms with Gasteiger partial charge in [0.25, 0.3) is 0 Å². The van der Waals surface area contributed by atoms with E-state index < -0.39 is 0 Å². The van der Waals surface area contributed by atoms with Crippen LogP contribution in [-0.4, -0.2) is 38.5 Å². The van der Waals surface area contributed by atoms with Crippen molar-refractivity contribution in [2.75, 3.05) is 6.54 Å². The topological polar surface area (TPSA) is 41.3 Å². The second kappa shape index (κ2) is 6.49. The van der Waals surface area contributed by atoms with Gasteiger partial charge < -0.3 is 5.11 Å². The van der Waals surface area contributed by atoms with Crippen LogP contribution in [0.25, 0.3) is 0 Å². The summed E-state index contributed by atoms with van der Waals surface area (Å²) in [5, 5.41) is 14.9. The molecule has 0 bridgehead atoms. The van der Waals surface area contributed by atoms with Gasteiger partial charge in [0.1, 0.15) is 0 Å². The van der Waals surface area contributed by atoms with Crippen LogP contribution in [0.3, 0.4) is 0 Å². The summed E-state index contributed by atoms with van der Waals surface area (Å²) in [6, 6.07) is 2.81. The van der Waals surface area contributed by atoms with Crippen molar-refractivity contribution < 1.29 is 5.11 Å². The van der Waals surface area contributed by atoms with Crippen LogP contribution in [0.5, 0.6) is 0 Å². The highest BCUT2D eigenvalue weighted by Crippen LogP contribution is 2.35. The molecule has 2 aliphatic rings. The Morgan fingerprint density at radius 1 is 1.24 bits per heavy atom. The maximum atomic E-state index is 10.4. The van der Waals surface area contributed by atoms with Gasteiger partial charge in [-0.05, 0) is 44.7 Å². The van der Waals surface area contributed by atoms with E-state index in [0.717, 1.165) is 19.4 Å². The third-order valence-corrected chi connectivity index (χ3v) is 5.44. The van der Waals surface area contributed by atoms with Gasteiger partial charge in [0.2, 0.25) is 0 Å². The van der Waals surface area contributed by atoms with Crippen LogP contribution >= 0.6 is 0 Å². The highest BCUT2D eigenvalue weighted by atomic mass is 16.3. The molecule has 1 aromatic rings. The van der Waals surface area contributed by atoms with E-state index >= 15 is 0 Å². The summed E-state index contributed by atoms with van der Waals surface area (Å²) >= 11 is 0. The molecule has 0 aromatic carbocycles. The van der Waals surface area contributed by atoms with E-state index in [4.69, 9.17) is 0 Å². The second-order valence-corrected chi connectivity index (χ2v) is 6.80. The molecule has 2 heterocycles. The first-order valence-corrected chi connectivity index (χ1v) is 8.63. The minimum atomic E-state index is -0.0814. The maximum absolute atomic E-state index is 10.4. The summed E-state index contributed by atoms with van der Waals surface area (Å²) < 4.78 is 2.03. The summed E-state index contributed by atoms with van der Waals surface area (Å²) in [6.07, 6.45) is 8.13. The number of aliphatic hydroxyl groups is 1. The van der Waals surface area contributed by atoms with E-state index in [0.29, 0.717) is 12.0 Å². The van der Waals surface area contributed by atoms with E-state index in [1.807, 2.05) is 4.68 Å². The highest BCUT2D eigenvalue weighted by molar-refractivity contribution is 5.10. The van der Waals surface area contributed by atoms with Crippen molar-refractivity contribution in [1.29, 1.82) is 0 Å². The summed E-state index contributed by atoms with van der Waals surface area (Å²) in [7, 11) is 2.05. The van der Waals surface area contributed by atoms with Gasteiger partial charge in [-0.3, -0.25) is 9.58 Å². The summed E-state index contributed by atoms with van der Waals surface area (Å²) in [5.41, 5.74) is 2.49. The first-order chi connectivity index (χ1) is 10.2. The fourth-order valence-corrected chi connectivity index (χ4v) is 4.22. The van der Waals surface area contributed by atoms with Crippen molar-refractivity contribution >= 4 is 0 Å². The molecule has 21 heavy (non-hydrogen) atoms. The number of aliphatic hydroxyl groups excluding tert-OH is 1. The quantitative estimate of drug-likeness (QED) is 0.926. The number of likely N-dealkylation sites (tertiary alicyclic amines) is 1. The van der Waals surface area contributed by atoms with E-state index in [-0.39, 0.29) is 6.10 Å². The highest BCUT2D eigenvalue weighted by Gasteiger charge is 2.36. The van der Waals surface area contributed by atoms with Crippen molar-refractivity contribution in [3.8, 4) is 0 Å². The van der Waals surface area contributed by atoms with Gasteiger partial charge in [-0.1, -0.05) is 19.8 Å². The van der Waals surface area contributed by atoms with Crippen molar-refractivity contribution in [3.05, 3.63) is 17.5 Å². The predicted molar refractivity (Wildman–Crippen MR) is 84.0 cm³/mol. The second-order valence-electron chi connectivity index (χ2n) is 6.80. The average Bonchev–Trinajstić information content (AvgIpc) is 3.07. The first kappa shape index (κ1) is 15.0. The first-order valence-electron chi connectivity index (χ1n) is 8.63. The lowest BCUT2D eigenvalue weighted by Crippen LogP contribution is -2.42. The van der Waals surface area contributed by atoms with Gasteiger partial charge in [0.05, 0.1) is 17.5 Å². The molecular formula is C17H29N3O. The molecule has 3 unspecified atom stereocenters. The lowest BCUT2D eigenvalue weighted by atomic mass is 9.80. The summed E-state index contributed by atoms with van der Waals surface area (Å²) in [6.45, 7) is 4.31. The molecule has 1 saturated carbocycles.